The summed E-state index contributed by atoms with van der Waals surface area (Å²) in [6, 6.07) is 7.16. The first-order valence-corrected chi connectivity index (χ1v) is 12.4. The number of likely N-dealkylation sites (tertiary alicyclic amines) is 1. The van der Waals surface area contributed by atoms with Gasteiger partial charge in [0, 0.05) is 38.0 Å². The van der Waals surface area contributed by atoms with Gasteiger partial charge in [-0.15, -0.1) is 0 Å². The minimum absolute atomic E-state index is 0.0150. The monoisotopic (exact) mass is 546 g/mol. The molecule has 0 unspecified atom stereocenters. The lowest BCUT2D eigenvalue weighted by Gasteiger charge is -2.30. The average molecular weight is 547 g/mol. The van der Waals surface area contributed by atoms with Crippen molar-refractivity contribution in [3.05, 3.63) is 70.5 Å². The molecule has 5 atom stereocenters. The van der Waals surface area contributed by atoms with Gasteiger partial charge in [0.25, 0.3) is 0 Å². The Labute approximate surface area is 216 Å². The van der Waals surface area contributed by atoms with Crippen LogP contribution in [0.1, 0.15) is 66.9 Å². The highest BCUT2D eigenvalue weighted by Crippen LogP contribution is 2.42. The molecular weight excluding hydrogens is 517 g/mol. The smallest absolute Gasteiger partial charge is 0.370 e. The number of rotatable bonds is 7. The van der Waals surface area contributed by atoms with Gasteiger partial charge in [0.1, 0.15) is 5.82 Å². The van der Waals surface area contributed by atoms with Gasteiger partial charge in [0.15, 0.2) is 0 Å². The number of hydrogen-bond acceptors (Lipinski definition) is 3. The van der Waals surface area contributed by atoms with E-state index in [4.69, 9.17) is 4.74 Å². The molecular formula is C27H29F7N2O2. The standard InChI is InChI=1S/C27H29F7N2O2/c1-15(17-11-18(26(29,30)31)13-19(12-17)27(32,33)34)38-23-9-8-22(25(23)16-3-5-20(28)6-4-16)35-14-21-7-10-24(37)36(21)2/h3-6,11-13,15,21-23,25,35H,7-10,14H2,1-2H3/t15-,21+,22-,23+,25-/m1/s1. The molecule has 2 aliphatic rings. The van der Waals surface area contributed by atoms with Crippen molar-refractivity contribution in [2.24, 2.45) is 0 Å². The molecule has 1 N–H and O–H groups in total. The number of nitrogens with one attached hydrogen (secondary N) is 1. The van der Waals surface area contributed by atoms with E-state index >= 15 is 0 Å². The first kappa shape index (κ1) is 28.4. The molecule has 2 aromatic rings. The zero-order valence-corrected chi connectivity index (χ0v) is 20.9. The number of hydrogen-bond donors (Lipinski definition) is 1. The molecule has 1 saturated carbocycles. The fraction of sp³-hybridized carbons (Fsp3) is 0.519. The van der Waals surface area contributed by atoms with E-state index in [1.54, 1.807) is 24.1 Å². The lowest BCUT2D eigenvalue weighted by atomic mass is 9.91. The third-order valence-electron chi connectivity index (χ3n) is 7.56. The summed E-state index contributed by atoms with van der Waals surface area (Å²) < 4.78 is 100.0. The molecule has 208 valence electrons. The Morgan fingerprint density at radius 3 is 2.11 bits per heavy atom. The Hall–Kier alpha value is -2.66. The van der Waals surface area contributed by atoms with E-state index in [2.05, 4.69) is 5.32 Å². The molecule has 38 heavy (non-hydrogen) atoms. The summed E-state index contributed by atoms with van der Waals surface area (Å²) in [6.07, 6.45) is -9.22. The highest BCUT2D eigenvalue weighted by molar-refractivity contribution is 5.78. The molecule has 1 heterocycles. The SMILES string of the molecule is C[C@@H](O[C@H]1CC[C@@H](NC[C@@H]2CCC(=O)N2C)[C@H]1c1ccc(F)cc1)c1cc(C(F)(F)F)cc(C(F)(F)F)c1. The fourth-order valence-corrected chi connectivity index (χ4v) is 5.42. The van der Waals surface area contributed by atoms with Gasteiger partial charge in [0.05, 0.1) is 23.3 Å². The Balaban J connectivity index is 1.57. The zero-order valence-electron chi connectivity index (χ0n) is 20.9. The highest BCUT2D eigenvalue weighted by Gasteiger charge is 2.41. The van der Waals surface area contributed by atoms with E-state index in [-0.39, 0.29) is 35.5 Å². The summed E-state index contributed by atoms with van der Waals surface area (Å²) in [5.41, 5.74) is -2.27. The number of nitrogens with zero attached hydrogens (tertiary/aromatic N) is 1. The van der Waals surface area contributed by atoms with Crippen molar-refractivity contribution in [2.75, 3.05) is 13.6 Å². The van der Waals surface area contributed by atoms with Crippen molar-refractivity contribution in [2.45, 2.75) is 75.2 Å². The van der Waals surface area contributed by atoms with Gasteiger partial charge < -0.3 is 15.0 Å². The van der Waals surface area contributed by atoms with E-state index in [9.17, 15) is 35.5 Å². The van der Waals surface area contributed by atoms with Gasteiger partial charge >= 0.3 is 12.4 Å². The van der Waals surface area contributed by atoms with E-state index < -0.39 is 41.5 Å². The first-order chi connectivity index (χ1) is 17.7. The number of halogens is 7. The maximum Gasteiger partial charge on any atom is 0.416 e. The summed E-state index contributed by atoms with van der Waals surface area (Å²) in [7, 11) is 1.74. The van der Waals surface area contributed by atoms with Crippen molar-refractivity contribution in [3.63, 3.8) is 0 Å². The first-order valence-electron chi connectivity index (χ1n) is 12.4. The van der Waals surface area contributed by atoms with Gasteiger partial charge in [0.2, 0.25) is 5.91 Å². The van der Waals surface area contributed by atoms with E-state index in [0.717, 1.165) is 5.56 Å². The molecule has 0 bridgehead atoms. The molecule has 2 fully saturated rings. The number of benzene rings is 2. The Morgan fingerprint density at radius 1 is 0.974 bits per heavy atom. The third kappa shape index (κ3) is 6.31. The number of amides is 1. The largest absolute Gasteiger partial charge is 0.416 e. The highest BCUT2D eigenvalue weighted by atomic mass is 19.4. The molecule has 1 aliphatic carbocycles. The molecule has 2 aromatic carbocycles. The van der Waals surface area contributed by atoms with Gasteiger partial charge in [-0.3, -0.25) is 4.79 Å². The van der Waals surface area contributed by atoms with Gasteiger partial charge in [-0.25, -0.2) is 4.39 Å². The predicted molar refractivity (Wildman–Crippen MR) is 126 cm³/mol. The van der Waals surface area contributed by atoms with Crippen molar-refractivity contribution in [1.29, 1.82) is 0 Å². The van der Waals surface area contributed by atoms with Crippen LogP contribution in [0.2, 0.25) is 0 Å². The second kappa shape index (κ2) is 10.8. The molecule has 1 saturated heterocycles. The van der Waals surface area contributed by atoms with E-state index in [1.165, 1.54) is 19.1 Å². The molecule has 1 aliphatic heterocycles. The second-order valence-electron chi connectivity index (χ2n) is 10.0. The van der Waals surface area contributed by atoms with Crippen molar-refractivity contribution in [3.8, 4) is 0 Å². The van der Waals surface area contributed by atoms with Crippen molar-refractivity contribution < 1.29 is 40.3 Å². The van der Waals surface area contributed by atoms with Crippen LogP contribution in [0.4, 0.5) is 30.7 Å². The molecule has 4 nitrogen and oxygen atoms in total. The van der Waals surface area contributed by atoms with Crippen LogP contribution in [0.25, 0.3) is 0 Å². The average Bonchev–Trinajstić information content (AvgIpc) is 3.39. The van der Waals surface area contributed by atoms with Gasteiger partial charge in [-0.05, 0) is 67.6 Å². The minimum Gasteiger partial charge on any atom is -0.370 e. The van der Waals surface area contributed by atoms with Gasteiger partial charge in [-0.1, -0.05) is 12.1 Å². The van der Waals surface area contributed by atoms with Crippen LogP contribution in [0.15, 0.2) is 42.5 Å². The molecule has 0 radical (unpaired) electrons. The van der Waals surface area contributed by atoms with Crippen molar-refractivity contribution >= 4 is 5.91 Å². The molecule has 1 amide bonds. The molecule has 0 aromatic heterocycles. The quantitative estimate of drug-likeness (QED) is 0.405. The van der Waals surface area contributed by atoms with Crippen LogP contribution in [0.3, 0.4) is 0 Å². The van der Waals surface area contributed by atoms with Crippen LogP contribution in [-0.2, 0) is 21.9 Å². The topological polar surface area (TPSA) is 41.6 Å². The zero-order chi connectivity index (χ0) is 27.8. The maximum absolute atomic E-state index is 13.6. The molecule has 0 spiro atoms. The lowest BCUT2D eigenvalue weighted by Crippen LogP contribution is -2.43. The normalized spacial score (nSPS) is 25.3. The summed E-state index contributed by atoms with van der Waals surface area (Å²) >= 11 is 0. The van der Waals surface area contributed by atoms with Crippen LogP contribution >= 0.6 is 0 Å². The summed E-state index contributed by atoms with van der Waals surface area (Å²) in [6.45, 7) is 1.95. The lowest BCUT2D eigenvalue weighted by molar-refractivity contribution is -0.143. The van der Waals surface area contributed by atoms with Crippen LogP contribution < -0.4 is 5.32 Å². The fourth-order valence-electron chi connectivity index (χ4n) is 5.42. The Bertz CT molecular complexity index is 1100. The Morgan fingerprint density at radius 2 is 1.58 bits per heavy atom. The third-order valence-corrected chi connectivity index (χ3v) is 7.56. The summed E-state index contributed by atoms with van der Waals surface area (Å²) in [5.74, 6) is -0.696. The number of ether oxygens (including phenoxy) is 1. The number of alkyl halides is 6. The number of carbonyl (C=O) groups is 1. The second-order valence-corrected chi connectivity index (χ2v) is 10.0. The van der Waals surface area contributed by atoms with Crippen molar-refractivity contribution in [1.82, 2.24) is 10.2 Å². The molecule has 4 rings (SSSR count). The number of likely N-dealkylation sites (N-methyl/N-ethyl adjacent to an activating group) is 1. The molecule has 11 heteroatoms. The summed E-state index contributed by atoms with van der Waals surface area (Å²) in [5, 5.41) is 3.47. The number of carbonyl (C=O) groups excluding carboxylic acids is 1. The van der Waals surface area contributed by atoms with Crippen LogP contribution in [0, 0.1) is 5.82 Å². The summed E-state index contributed by atoms with van der Waals surface area (Å²) in [4.78, 5) is 13.6. The van der Waals surface area contributed by atoms with E-state index in [1.807, 2.05) is 0 Å². The predicted octanol–water partition coefficient (Wildman–Crippen LogP) is 6.47. The van der Waals surface area contributed by atoms with Crippen LogP contribution in [-0.4, -0.2) is 42.6 Å². The van der Waals surface area contributed by atoms with Crippen LogP contribution in [0.5, 0.6) is 0 Å². The van der Waals surface area contributed by atoms with E-state index in [0.29, 0.717) is 44.4 Å². The maximum atomic E-state index is 13.6. The minimum atomic E-state index is -4.95. The van der Waals surface area contributed by atoms with Gasteiger partial charge in [-0.2, -0.15) is 26.3 Å². The Kier molecular flexibility index (Phi) is 8.09.